The number of ether oxygens (including phenoxy) is 1. The van der Waals surface area contributed by atoms with Gasteiger partial charge >= 0.3 is 0 Å². The number of carbonyl (C=O) groups excluding carboxylic acids is 1. The van der Waals surface area contributed by atoms with Crippen LogP contribution >= 0.6 is 0 Å². The van der Waals surface area contributed by atoms with Gasteiger partial charge in [0.2, 0.25) is 5.91 Å². The van der Waals surface area contributed by atoms with Crippen LogP contribution < -0.4 is 11.1 Å². The summed E-state index contributed by atoms with van der Waals surface area (Å²) in [6.07, 6.45) is 1.91. The lowest BCUT2D eigenvalue weighted by Crippen LogP contribution is -2.37. The van der Waals surface area contributed by atoms with E-state index in [1.807, 2.05) is 13.8 Å². The van der Waals surface area contributed by atoms with Crippen LogP contribution in [-0.4, -0.2) is 31.7 Å². The van der Waals surface area contributed by atoms with E-state index in [-0.39, 0.29) is 23.3 Å². The van der Waals surface area contributed by atoms with Crippen molar-refractivity contribution in [2.45, 2.75) is 53.6 Å². The average molecular weight is 258 g/mol. The van der Waals surface area contributed by atoms with Crippen molar-refractivity contribution < 1.29 is 9.53 Å². The van der Waals surface area contributed by atoms with Crippen molar-refractivity contribution in [2.75, 3.05) is 19.7 Å². The van der Waals surface area contributed by atoms with Crippen LogP contribution in [-0.2, 0) is 9.53 Å². The molecule has 0 saturated carbocycles. The van der Waals surface area contributed by atoms with Crippen molar-refractivity contribution in [1.29, 1.82) is 0 Å². The summed E-state index contributed by atoms with van der Waals surface area (Å²) < 4.78 is 5.42. The fourth-order valence-electron chi connectivity index (χ4n) is 1.77. The second-order valence-corrected chi connectivity index (χ2v) is 6.26. The molecule has 108 valence electrons. The molecule has 0 aromatic carbocycles. The Morgan fingerprint density at radius 3 is 2.39 bits per heavy atom. The largest absolute Gasteiger partial charge is 0.379 e. The Morgan fingerprint density at radius 2 is 1.94 bits per heavy atom. The van der Waals surface area contributed by atoms with E-state index in [0.29, 0.717) is 19.7 Å². The molecule has 1 unspecified atom stereocenters. The number of hydrogen-bond donors (Lipinski definition) is 2. The van der Waals surface area contributed by atoms with Crippen LogP contribution in [0.2, 0.25) is 0 Å². The summed E-state index contributed by atoms with van der Waals surface area (Å²) in [5.41, 5.74) is 5.79. The van der Waals surface area contributed by atoms with Gasteiger partial charge in [-0.1, -0.05) is 20.8 Å². The molecule has 4 nitrogen and oxygen atoms in total. The minimum absolute atomic E-state index is 0.0666. The molecule has 0 radical (unpaired) electrons. The summed E-state index contributed by atoms with van der Waals surface area (Å²) in [6, 6.07) is 0. The fourth-order valence-corrected chi connectivity index (χ4v) is 1.77. The zero-order valence-electron chi connectivity index (χ0n) is 12.6. The molecule has 0 aliphatic carbocycles. The fraction of sp³-hybridized carbons (Fsp3) is 0.929. The van der Waals surface area contributed by atoms with Gasteiger partial charge in [-0.3, -0.25) is 4.79 Å². The third-order valence-electron chi connectivity index (χ3n) is 2.59. The Bertz CT molecular complexity index is 234. The first kappa shape index (κ1) is 17.4. The van der Waals surface area contributed by atoms with E-state index in [1.165, 1.54) is 0 Å². The highest BCUT2D eigenvalue weighted by Crippen LogP contribution is 2.23. The number of rotatable bonds is 8. The van der Waals surface area contributed by atoms with Crippen LogP contribution in [0.3, 0.4) is 0 Å². The molecule has 0 bridgehead atoms. The summed E-state index contributed by atoms with van der Waals surface area (Å²) in [6.45, 7) is 12.1. The molecule has 18 heavy (non-hydrogen) atoms. The van der Waals surface area contributed by atoms with Gasteiger partial charge in [0, 0.05) is 19.7 Å². The van der Waals surface area contributed by atoms with E-state index in [0.717, 1.165) is 12.8 Å². The van der Waals surface area contributed by atoms with Crippen LogP contribution in [0.4, 0.5) is 0 Å². The first-order valence-corrected chi connectivity index (χ1v) is 6.85. The third kappa shape index (κ3) is 9.42. The Morgan fingerprint density at radius 1 is 1.33 bits per heavy atom. The van der Waals surface area contributed by atoms with E-state index < -0.39 is 0 Å². The summed E-state index contributed by atoms with van der Waals surface area (Å²) in [5, 5.41) is 2.93. The van der Waals surface area contributed by atoms with Crippen molar-refractivity contribution in [3.8, 4) is 0 Å². The Labute approximate surface area is 112 Å². The summed E-state index contributed by atoms with van der Waals surface area (Å²) in [7, 11) is 0. The van der Waals surface area contributed by atoms with Crippen molar-refractivity contribution in [1.82, 2.24) is 5.32 Å². The molecule has 4 heteroatoms. The normalized spacial score (nSPS) is 13.7. The average Bonchev–Trinajstić information content (AvgIpc) is 2.23. The van der Waals surface area contributed by atoms with Crippen molar-refractivity contribution in [2.24, 2.45) is 17.1 Å². The minimum Gasteiger partial charge on any atom is -0.379 e. The monoisotopic (exact) mass is 258 g/mol. The second kappa shape index (κ2) is 8.48. The molecule has 0 aliphatic rings. The number of carbonyl (C=O) groups is 1. The lowest BCUT2D eigenvalue weighted by atomic mass is 9.84. The molecule has 0 fully saturated rings. The van der Waals surface area contributed by atoms with Crippen LogP contribution in [0.1, 0.15) is 47.5 Å². The standard InChI is InChI=1S/C14H30N2O2/c1-11(2)18-8-6-7-16-13(17)12(10-15)9-14(3,4)5/h11-12H,6-10,15H2,1-5H3,(H,16,17). The van der Waals surface area contributed by atoms with Gasteiger partial charge in [-0.2, -0.15) is 0 Å². The number of nitrogens with one attached hydrogen (secondary N) is 1. The SMILES string of the molecule is CC(C)OCCCNC(=O)C(CN)CC(C)(C)C. The highest BCUT2D eigenvalue weighted by molar-refractivity contribution is 5.78. The van der Waals surface area contributed by atoms with Crippen LogP contribution in [0.5, 0.6) is 0 Å². The molecule has 0 aromatic heterocycles. The number of nitrogens with two attached hydrogens (primary N) is 1. The molecular weight excluding hydrogens is 228 g/mol. The van der Waals surface area contributed by atoms with Gasteiger partial charge in [0.25, 0.3) is 0 Å². The summed E-state index contributed by atoms with van der Waals surface area (Å²) in [5.74, 6) is -0.0204. The summed E-state index contributed by atoms with van der Waals surface area (Å²) >= 11 is 0. The van der Waals surface area contributed by atoms with E-state index >= 15 is 0 Å². The molecule has 0 aromatic rings. The molecule has 1 amide bonds. The van der Waals surface area contributed by atoms with Gasteiger partial charge in [0.15, 0.2) is 0 Å². The van der Waals surface area contributed by atoms with Gasteiger partial charge in [-0.05, 0) is 32.1 Å². The Kier molecular flexibility index (Phi) is 8.20. The highest BCUT2D eigenvalue weighted by atomic mass is 16.5. The topological polar surface area (TPSA) is 64.3 Å². The molecule has 0 rings (SSSR count). The molecule has 0 spiro atoms. The van der Waals surface area contributed by atoms with Gasteiger partial charge in [-0.25, -0.2) is 0 Å². The predicted molar refractivity (Wildman–Crippen MR) is 75.3 cm³/mol. The number of amides is 1. The van der Waals surface area contributed by atoms with Crippen molar-refractivity contribution in [3.05, 3.63) is 0 Å². The van der Waals surface area contributed by atoms with E-state index in [2.05, 4.69) is 26.1 Å². The molecule has 1 atom stereocenters. The van der Waals surface area contributed by atoms with Gasteiger partial charge in [0.05, 0.1) is 12.0 Å². The van der Waals surface area contributed by atoms with E-state index in [4.69, 9.17) is 10.5 Å². The van der Waals surface area contributed by atoms with E-state index in [9.17, 15) is 4.79 Å². The highest BCUT2D eigenvalue weighted by Gasteiger charge is 2.23. The molecule has 0 saturated heterocycles. The summed E-state index contributed by atoms with van der Waals surface area (Å²) in [4.78, 5) is 11.9. The van der Waals surface area contributed by atoms with Gasteiger partial charge in [-0.15, -0.1) is 0 Å². The lowest BCUT2D eigenvalue weighted by molar-refractivity contribution is -0.125. The third-order valence-corrected chi connectivity index (χ3v) is 2.59. The smallest absolute Gasteiger partial charge is 0.224 e. The molecule has 0 heterocycles. The molecule has 0 aliphatic heterocycles. The first-order chi connectivity index (χ1) is 8.26. The first-order valence-electron chi connectivity index (χ1n) is 6.85. The predicted octanol–water partition coefficient (Wildman–Crippen LogP) is 1.93. The maximum atomic E-state index is 11.9. The van der Waals surface area contributed by atoms with Crippen molar-refractivity contribution in [3.63, 3.8) is 0 Å². The second-order valence-electron chi connectivity index (χ2n) is 6.26. The molecule has 3 N–H and O–H groups in total. The quantitative estimate of drug-likeness (QED) is 0.654. The maximum Gasteiger partial charge on any atom is 0.224 e. The Hall–Kier alpha value is -0.610. The number of hydrogen-bond acceptors (Lipinski definition) is 3. The van der Waals surface area contributed by atoms with Crippen LogP contribution in [0.25, 0.3) is 0 Å². The maximum absolute atomic E-state index is 11.9. The Balaban J connectivity index is 3.84. The minimum atomic E-state index is -0.0870. The lowest BCUT2D eigenvalue weighted by Gasteiger charge is -2.24. The zero-order valence-corrected chi connectivity index (χ0v) is 12.6. The van der Waals surface area contributed by atoms with Crippen molar-refractivity contribution >= 4 is 5.91 Å². The van der Waals surface area contributed by atoms with Crippen LogP contribution in [0.15, 0.2) is 0 Å². The van der Waals surface area contributed by atoms with Crippen LogP contribution in [0, 0.1) is 11.3 Å². The van der Waals surface area contributed by atoms with Gasteiger partial charge < -0.3 is 15.8 Å². The molecular formula is C14H30N2O2. The van der Waals surface area contributed by atoms with Gasteiger partial charge in [0.1, 0.15) is 0 Å². The zero-order chi connectivity index (χ0) is 14.2. The van der Waals surface area contributed by atoms with E-state index in [1.54, 1.807) is 0 Å².